The average Bonchev–Trinajstić information content (AvgIpc) is 2.27. The summed E-state index contributed by atoms with van der Waals surface area (Å²) in [4.78, 5) is 23.2. The van der Waals surface area contributed by atoms with Crippen molar-refractivity contribution in [2.75, 3.05) is 5.32 Å². The number of carbonyl (C=O) groups excluding carboxylic acids is 2. The molecule has 6 heteroatoms. The molecular formula is C15H23N3O3. The Morgan fingerprint density at radius 2 is 1.81 bits per heavy atom. The maximum atomic E-state index is 11.6. The Hall–Kier alpha value is -2.08. The van der Waals surface area contributed by atoms with Crippen molar-refractivity contribution in [2.24, 2.45) is 5.73 Å². The van der Waals surface area contributed by atoms with Gasteiger partial charge in [0.15, 0.2) is 0 Å². The van der Waals surface area contributed by atoms with Crippen molar-refractivity contribution in [3.05, 3.63) is 29.8 Å². The van der Waals surface area contributed by atoms with Gasteiger partial charge in [0, 0.05) is 5.69 Å². The van der Waals surface area contributed by atoms with E-state index in [1.807, 2.05) is 0 Å². The van der Waals surface area contributed by atoms with Crippen LogP contribution in [0.5, 0.6) is 0 Å². The number of carbonyl (C=O) groups is 2. The summed E-state index contributed by atoms with van der Waals surface area (Å²) in [5.74, 6) is -0.141. The summed E-state index contributed by atoms with van der Waals surface area (Å²) in [6, 6.07) is 6.98. The van der Waals surface area contributed by atoms with Gasteiger partial charge in [0.1, 0.15) is 5.60 Å². The van der Waals surface area contributed by atoms with Crippen LogP contribution < -0.4 is 16.4 Å². The highest BCUT2D eigenvalue weighted by Gasteiger charge is 2.16. The number of amides is 2. The highest BCUT2D eigenvalue weighted by molar-refractivity contribution is 5.85. The van der Waals surface area contributed by atoms with Crippen LogP contribution in [0.15, 0.2) is 24.3 Å². The molecule has 1 atom stereocenters. The third-order valence-electron chi connectivity index (χ3n) is 2.35. The van der Waals surface area contributed by atoms with Gasteiger partial charge >= 0.3 is 6.09 Å². The van der Waals surface area contributed by atoms with Crippen LogP contribution in [0, 0.1) is 0 Å². The summed E-state index contributed by atoms with van der Waals surface area (Å²) in [6.45, 7) is 7.10. The molecule has 0 saturated heterocycles. The largest absolute Gasteiger partial charge is 0.444 e. The third-order valence-corrected chi connectivity index (χ3v) is 2.35. The molecule has 116 valence electrons. The van der Waals surface area contributed by atoms with Gasteiger partial charge in [0.05, 0.1) is 12.6 Å². The van der Waals surface area contributed by atoms with Gasteiger partial charge in [0.25, 0.3) is 0 Å². The molecule has 0 aliphatic rings. The lowest BCUT2D eigenvalue weighted by Crippen LogP contribution is -2.39. The highest BCUT2D eigenvalue weighted by atomic mass is 16.6. The first-order valence-corrected chi connectivity index (χ1v) is 6.79. The Bertz CT molecular complexity index is 490. The van der Waals surface area contributed by atoms with Crippen molar-refractivity contribution in [3.8, 4) is 0 Å². The molecule has 2 amide bonds. The molecule has 6 nitrogen and oxygen atoms in total. The van der Waals surface area contributed by atoms with Crippen LogP contribution in [0.4, 0.5) is 10.5 Å². The molecule has 1 aromatic rings. The topological polar surface area (TPSA) is 93.5 Å². The lowest BCUT2D eigenvalue weighted by molar-refractivity contribution is -0.121. The van der Waals surface area contributed by atoms with E-state index < -0.39 is 11.7 Å². The molecule has 0 radical (unpaired) electrons. The van der Waals surface area contributed by atoms with Crippen LogP contribution in [0.1, 0.15) is 33.3 Å². The SMILES string of the molecule is CC(N)NC(=O)Cc1ccc(NC(=O)OC(C)(C)C)cc1. The molecule has 1 unspecified atom stereocenters. The Balaban J connectivity index is 2.54. The molecule has 1 rings (SSSR count). The summed E-state index contributed by atoms with van der Waals surface area (Å²) in [5, 5.41) is 5.24. The second-order valence-electron chi connectivity index (χ2n) is 5.86. The first-order chi connectivity index (χ1) is 9.65. The molecule has 0 aliphatic carbocycles. The quantitative estimate of drug-likeness (QED) is 0.740. The molecule has 4 N–H and O–H groups in total. The van der Waals surface area contributed by atoms with Crippen LogP contribution in [0.25, 0.3) is 0 Å². The van der Waals surface area contributed by atoms with Crippen LogP contribution in [-0.2, 0) is 16.0 Å². The number of ether oxygens (including phenoxy) is 1. The van der Waals surface area contributed by atoms with Crippen LogP contribution in [0.3, 0.4) is 0 Å². The number of nitrogens with one attached hydrogen (secondary N) is 2. The first kappa shape index (κ1) is 17.0. The number of anilines is 1. The van der Waals surface area contributed by atoms with E-state index in [0.29, 0.717) is 5.69 Å². The van der Waals surface area contributed by atoms with Crippen LogP contribution >= 0.6 is 0 Å². The summed E-state index contributed by atoms with van der Waals surface area (Å²) in [7, 11) is 0. The molecule has 21 heavy (non-hydrogen) atoms. The fourth-order valence-electron chi connectivity index (χ4n) is 1.62. The minimum atomic E-state index is -0.541. The summed E-state index contributed by atoms with van der Waals surface area (Å²) < 4.78 is 5.15. The van der Waals surface area contributed by atoms with E-state index in [2.05, 4.69) is 10.6 Å². The van der Waals surface area contributed by atoms with E-state index in [0.717, 1.165) is 5.56 Å². The van der Waals surface area contributed by atoms with Gasteiger partial charge in [-0.25, -0.2) is 4.79 Å². The Labute approximate surface area is 125 Å². The molecular weight excluding hydrogens is 270 g/mol. The number of nitrogens with two attached hydrogens (primary N) is 1. The first-order valence-electron chi connectivity index (χ1n) is 6.79. The monoisotopic (exact) mass is 293 g/mol. The molecule has 0 saturated carbocycles. The standard InChI is InChI=1S/C15H23N3O3/c1-10(16)17-13(19)9-11-5-7-12(8-6-11)18-14(20)21-15(2,3)4/h5-8,10H,9,16H2,1-4H3,(H,17,19)(H,18,20). The Morgan fingerprint density at radius 3 is 2.29 bits per heavy atom. The zero-order chi connectivity index (χ0) is 16.0. The van der Waals surface area contributed by atoms with Crippen LogP contribution in [0.2, 0.25) is 0 Å². The Morgan fingerprint density at radius 1 is 1.24 bits per heavy atom. The van der Waals surface area contributed by atoms with Crippen molar-refractivity contribution in [2.45, 2.75) is 45.9 Å². The minimum absolute atomic E-state index is 0.141. The highest BCUT2D eigenvalue weighted by Crippen LogP contribution is 2.13. The predicted octanol–water partition coefficient (Wildman–Crippen LogP) is 2.00. The zero-order valence-corrected chi connectivity index (χ0v) is 12.9. The maximum absolute atomic E-state index is 11.6. The summed E-state index contributed by atoms with van der Waals surface area (Å²) in [5.41, 5.74) is 6.39. The van der Waals surface area contributed by atoms with Gasteiger partial charge in [-0.05, 0) is 45.4 Å². The fraction of sp³-hybridized carbons (Fsp3) is 0.467. The number of hydrogen-bond acceptors (Lipinski definition) is 4. The van der Waals surface area contributed by atoms with Crippen LogP contribution in [-0.4, -0.2) is 23.8 Å². The molecule has 0 aromatic heterocycles. The minimum Gasteiger partial charge on any atom is -0.444 e. The van der Waals surface area contributed by atoms with E-state index in [9.17, 15) is 9.59 Å². The van der Waals surface area contributed by atoms with E-state index in [1.54, 1.807) is 52.0 Å². The lowest BCUT2D eigenvalue weighted by atomic mass is 10.1. The van der Waals surface area contributed by atoms with Crippen molar-refractivity contribution in [3.63, 3.8) is 0 Å². The molecule has 1 aromatic carbocycles. The smallest absolute Gasteiger partial charge is 0.412 e. The second kappa shape index (κ2) is 7.08. The van der Waals surface area contributed by atoms with Gasteiger partial charge in [-0.2, -0.15) is 0 Å². The van der Waals surface area contributed by atoms with Gasteiger partial charge < -0.3 is 15.8 Å². The van der Waals surface area contributed by atoms with E-state index in [1.165, 1.54) is 0 Å². The number of hydrogen-bond donors (Lipinski definition) is 3. The third kappa shape index (κ3) is 7.31. The molecule has 0 aliphatic heterocycles. The predicted molar refractivity (Wildman–Crippen MR) is 81.8 cm³/mol. The molecule has 0 spiro atoms. The van der Waals surface area contributed by atoms with Crippen molar-refractivity contribution >= 4 is 17.7 Å². The Kier molecular flexibility index (Phi) is 5.72. The molecule has 0 heterocycles. The van der Waals surface area contributed by atoms with Gasteiger partial charge in [-0.3, -0.25) is 10.1 Å². The fourth-order valence-corrected chi connectivity index (χ4v) is 1.62. The van der Waals surface area contributed by atoms with Gasteiger partial charge in [-0.1, -0.05) is 12.1 Å². The maximum Gasteiger partial charge on any atom is 0.412 e. The molecule has 0 fully saturated rings. The van der Waals surface area contributed by atoms with Crippen molar-refractivity contribution in [1.29, 1.82) is 0 Å². The lowest BCUT2D eigenvalue weighted by Gasteiger charge is -2.19. The van der Waals surface area contributed by atoms with Crippen molar-refractivity contribution < 1.29 is 14.3 Å². The van der Waals surface area contributed by atoms with E-state index in [4.69, 9.17) is 10.5 Å². The summed E-state index contributed by atoms with van der Waals surface area (Å²) >= 11 is 0. The van der Waals surface area contributed by atoms with E-state index >= 15 is 0 Å². The van der Waals surface area contributed by atoms with Gasteiger partial charge in [-0.15, -0.1) is 0 Å². The normalized spacial score (nSPS) is 12.4. The average molecular weight is 293 g/mol. The molecule has 0 bridgehead atoms. The summed E-state index contributed by atoms with van der Waals surface area (Å²) in [6.07, 6.45) is -0.635. The van der Waals surface area contributed by atoms with E-state index in [-0.39, 0.29) is 18.5 Å². The second-order valence-corrected chi connectivity index (χ2v) is 5.86. The number of rotatable bonds is 4. The van der Waals surface area contributed by atoms with Crippen molar-refractivity contribution in [1.82, 2.24) is 5.32 Å². The van der Waals surface area contributed by atoms with Gasteiger partial charge in [0.2, 0.25) is 5.91 Å². The number of benzene rings is 1. The zero-order valence-electron chi connectivity index (χ0n) is 12.9.